The van der Waals surface area contributed by atoms with E-state index in [1.54, 1.807) is 11.6 Å². The maximum absolute atomic E-state index is 12.3. The summed E-state index contributed by atoms with van der Waals surface area (Å²) in [5, 5.41) is 0.985. The molecule has 1 N–H and O–H groups in total. The van der Waals surface area contributed by atoms with Gasteiger partial charge in [0.1, 0.15) is 5.52 Å². The van der Waals surface area contributed by atoms with Crippen LogP contribution < -0.4 is 5.56 Å². The second kappa shape index (κ2) is 6.90. The van der Waals surface area contributed by atoms with Crippen molar-refractivity contribution in [3.05, 3.63) is 58.6 Å². The summed E-state index contributed by atoms with van der Waals surface area (Å²) >= 11 is 0. The van der Waals surface area contributed by atoms with Crippen molar-refractivity contribution < 1.29 is 4.74 Å². The van der Waals surface area contributed by atoms with E-state index in [0.29, 0.717) is 5.52 Å². The molecule has 28 heavy (non-hydrogen) atoms. The van der Waals surface area contributed by atoms with Gasteiger partial charge in [0.05, 0.1) is 5.60 Å². The SMILES string of the molecule is Cn1ccc2c(-c3cccc(CN4CCC5(CCCO5)CC4)c3)c[nH]c2c1=O. The van der Waals surface area contributed by atoms with Crippen molar-refractivity contribution in [3.8, 4) is 11.1 Å². The molecule has 4 heterocycles. The number of likely N-dealkylation sites (tertiary alicyclic amines) is 1. The van der Waals surface area contributed by atoms with Crippen LogP contribution in [-0.2, 0) is 18.3 Å². The van der Waals surface area contributed by atoms with Crippen molar-refractivity contribution in [2.24, 2.45) is 7.05 Å². The van der Waals surface area contributed by atoms with Gasteiger partial charge in [-0.1, -0.05) is 18.2 Å². The largest absolute Gasteiger partial charge is 0.375 e. The molecule has 1 spiro atoms. The zero-order chi connectivity index (χ0) is 19.1. The minimum Gasteiger partial charge on any atom is -0.375 e. The lowest BCUT2D eigenvalue weighted by Crippen LogP contribution is -2.43. The van der Waals surface area contributed by atoms with Crippen molar-refractivity contribution in [3.63, 3.8) is 0 Å². The van der Waals surface area contributed by atoms with E-state index in [9.17, 15) is 4.79 Å². The number of hydrogen-bond acceptors (Lipinski definition) is 3. The predicted molar refractivity (Wildman–Crippen MR) is 111 cm³/mol. The second-order valence-electron chi connectivity index (χ2n) is 8.33. The molecule has 0 unspecified atom stereocenters. The summed E-state index contributed by atoms with van der Waals surface area (Å²) in [6, 6.07) is 10.7. The molecule has 146 valence electrons. The Hall–Kier alpha value is -2.37. The molecule has 5 rings (SSSR count). The van der Waals surface area contributed by atoms with Crippen LogP contribution >= 0.6 is 0 Å². The van der Waals surface area contributed by atoms with E-state index in [0.717, 1.165) is 55.6 Å². The number of fused-ring (bicyclic) bond motifs is 1. The number of pyridine rings is 1. The van der Waals surface area contributed by atoms with E-state index in [2.05, 4.69) is 34.1 Å². The first kappa shape index (κ1) is 17.7. The molecule has 2 aliphatic heterocycles. The van der Waals surface area contributed by atoms with E-state index < -0.39 is 0 Å². The fourth-order valence-corrected chi connectivity index (χ4v) is 4.82. The Morgan fingerprint density at radius 1 is 1.18 bits per heavy atom. The van der Waals surface area contributed by atoms with Gasteiger partial charge in [-0.25, -0.2) is 0 Å². The van der Waals surface area contributed by atoms with Crippen LogP contribution in [0.15, 0.2) is 47.5 Å². The molecule has 0 atom stereocenters. The summed E-state index contributed by atoms with van der Waals surface area (Å²) in [6.07, 6.45) is 8.54. The van der Waals surface area contributed by atoms with Crippen LogP contribution in [0.3, 0.4) is 0 Å². The smallest absolute Gasteiger partial charge is 0.274 e. The van der Waals surface area contributed by atoms with Crippen LogP contribution in [-0.4, -0.2) is 39.7 Å². The summed E-state index contributed by atoms with van der Waals surface area (Å²) in [5.41, 5.74) is 4.42. The Kier molecular flexibility index (Phi) is 4.37. The molecular weight excluding hydrogens is 350 g/mol. The highest BCUT2D eigenvalue weighted by molar-refractivity contribution is 5.95. The van der Waals surface area contributed by atoms with Crippen LogP contribution in [0.25, 0.3) is 22.0 Å². The summed E-state index contributed by atoms with van der Waals surface area (Å²) in [4.78, 5) is 18.0. The van der Waals surface area contributed by atoms with Crippen molar-refractivity contribution in [2.45, 2.75) is 37.8 Å². The summed E-state index contributed by atoms with van der Waals surface area (Å²) < 4.78 is 7.66. The fourth-order valence-electron chi connectivity index (χ4n) is 4.82. The fraction of sp³-hybridized carbons (Fsp3) is 0.435. The number of aromatic amines is 1. The van der Waals surface area contributed by atoms with E-state index >= 15 is 0 Å². The molecular formula is C23H27N3O2. The molecule has 2 aromatic heterocycles. The van der Waals surface area contributed by atoms with Gasteiger partial charge >= 0.3 is 0 Å². The summed E-state index contributed by atoms with van der Waals surface area (Å²) in [6.45, 7) is 4.12. The lowest BCUT2D eigenvalue weighted by molar-refractivity contribution is -0.0447. The number of ether oxygens (including phenoxy) is 1. The number of benzene rings is 1. The Morgan fingerprint density at radius 2 is 2.04 bits per heavy atom. The molecule has 5 nitrogen and oxygen atoms in total. The van der Waals surface area contributed by atoms with E-state index in [1.165, 1.54) is 18.4 Å². The first-order valence-electron chi connectivity index (χ1n) is 10.3. The monoisotopic (exact) mass is 377 g/mol. The molecule has 1 aromatic carbocycles. The topological polar surface area (TPSA) is 50.3 Å². The minimum absolute atomic E-state index is 0.0104. The van der Waals surface area contributed by atoms with Gasteiger partial charge in [0.2, 0.25) is 0 Å². The van der Waals surface area contributed by atoms with E-state index in [-0.39, 0.29) is 11.2 Å². The maximum atomic E-state index is 12.3. The Bertz CT molecular complexity index is 1050. The average Bonchev–Trinajstić information content (AvgIpc) is 3.35. The first-order chi connectivity index (χ1) is 13.6. The number of nitrogens with zero attached hydrogens (tertiary/aromatic N) is 2. The van der Waals surface area contributed by atoms with Gasteiger partial charge in [-0.3, -0.25) is 9.69 Å². The van der Waals surface area contributed by atoms with Crippen LogP contribution in [0.2, 0.25) is 0 Å². The second-order valence-corrected chi connectivity index (χ2v) is 8.33. The molecule has 3 aromatic rings. The van der Waals surface area contributed by atoms with Crippen molar-refractivity contribution in [2.75, 3.05) is 19.7 Å². The number of H-pyrrole nitrogens is 1. The third kappa shape index (κ3) is 3.09. The van der Waals surface area contributed by atoms with Gasteiger partial charge in [-0.05, 0) is 48.9 Å². The number of nitrogens with one attached hydrogen (secondary N) is 1. The third-order valence-electron chi connectivity index (χ3n) is 6.52. The molecule has 0 aliphatic carbocycles. The lowest BCUT2D eigenvalue weighted by atomic mass is 9.88. The minimum atomic E-state index is 0.0104. The van der Waals surface area contributed by atoms with Gasteiger partial charge in [0.25, 0.3) is 5.56 Å². The van der Waals surface area contributed by atoms with Crippen LogP contribution in [0.1, 0.15) is 31.2 Å². The van der Waals surface area contributed by atoms with E-state index in [4.69, 9.17) is 4.74 Å². The zero-order valence-electron chi connectivity index (χ0n) is 16.4. The van der Waals surface area contributed by atoms with Crippen LogP contribution in [0.5, 0.6) is 0 Å². The Morgan fingerprint density at radius 3 is 2.82 bits per heavy atom. The highest BCUT2D eigenvalue weighted by Crippen LogP contribution is 2.36. The summed E-state index contributed by atoms with van der Waals surface area (Å²) in [5.74, 6) is 0. The van der Waals surface area contributed by atoms with Gasteiger partial charge in [-0.15, -0.1) is 0 Å². The lowest BCUT2D eigenvalue weighted by Gasteiger charge is -2.38. The number of rotatable bonds is 3. The Balaban J connectivity index is 1.36. The van der Waals surface area contributed by atoms with Gasteiger partial charge in [0, 0.05) is 56.6 Å². The number of aryl methyl sites for hydroxylation is 1. The molecule has 2 aliphatic rings. The predicted octanol–water partition coefficient (Wildman–Crippen LogP) is 3.68. The molecule has 0 saturated carbocycles. The number of aromatic nitrogens is 2. The third-order valence-corrected chi connectivity index (χ3v) is 6.52. The standard InChI is InChI=1S/C23H27N3O2/c1-25-10-6-19-20(15-24-21(19)22(25)27)18-5-2-4-17(14-18)16-26-11-8-23(9-12-26)7-3-13-28-23/h2,4-6,10,14-15,24H,3,7-9,11-13,16H2,1H3. The average molecular weight is 377 g/mol. The van der Waals surface area contributed by atoms with Crippen molar-refractivity contribution in [1.29, 1.82) is 0 Å². The first-order valence-corrected chi connectivity index (χ1v) is 10.3. The van der Waals surface area contributed by atoms with Crippen LogP contribution in [0, 0.1) is 0 Å². The Labute approximate surface area is 164 Å². The molecule has 0 bridgehead atoms. The van der Waals surface area contributed by atoms with Crippen LogP contribution in [0.4, 0.5) is 0 Å². The van der Waals surface area contributed by atoms with Gasteiger partial charge in [0.15, 0.2) is 0 Å². The van der Waals surface area contributed by atoms with Gasteiger partial charge in [-0.2, -0.15) is 0 Å². The van der Waals surface area contributed by atoms with Crippen molar-refractivity contribution in [1.82, 2.24) is 14.5 Å². The molecule has 5 heteroatoms. The van der Waals surface area contributed by atoms with Crippen molar-refractivity contribution >= 4 is 10.9 Å². The van der Waals surface area contributed by atoms with Gasteiger partial charge < -0.3 is 14.3 Å². The molecule has 0 amide bonds. The summed E-state index contributed by atoms with van der Waals surface area (Å²) in [7, 11) is 1.78. The van der Waals surface area contributed by atoms with E-state index in [1.807, 2.05) is 18.5 Å². The number of hydrogen-bond donors (Lipinski definition) is 1. The molecule has 2 saturated heterocycles. The molecule has 2 fully saturated rings. The highest BCUT2D eigenvalue weighted by Gasteiger charge is 2.38. The number of piperidine rings is 1. The molecule has 0 radical (unpaired) electrons. The maximum Gasteiger partial charge on any atom is 0.274 e. The highest BCUT2D eigenvalue weighted by atomic mass is 16.5. The quantitative estimate of drug-likeness (QED) is 0.758. The normalized spacial score (nSPS) is 19.6. The zero-order valence-corrected chi connectivity index (χ0v) is 16.4.